The van der Waals surface area contributed by atoms with Crippen LogP contribution in [-0.2, 0) is 4.74 Å². The van der Waals surface area contributed by atoms with Crippen molar-refractivity contribution in [3.05, 3.63) is 0 Å². The van der Waals surface area contributed by atoms with Gasteiger partial charge in [0.1, 0.15) is 0 Å². The molecule has 0 aliphatic carbocycles. The summed E-state index contributed by atoms with van der Waals surface area (Å²) in [6.07, 6.45) is 4.31. The number of ether oxygens (including phenoxy) is 1. The fourth-order valence-corrected chi connectivity index (χ4v) is 2.04. The van der Waals surface area contributed by atoms with Crippen LogP contribution in [0.3, 0.4) is 0 Å². The van der Waals surface area contributed by atoms with Crippen molar-refractivity contribution in [2.75, 3.05) is 32.9 Å². The maximum atomic E-state index is 8.65. The Kier molecular flexibility index (Phi) is 7.76. The summed E-state index contributed by atoms with van der Waals surface area (Å²) in [4.78, 5) is 0. The first-order valence-corrected chi connectivity index (χ1v) is 6.48. The molecule has 2 atom stereocenters. The summed E-state index contributed by atoms with van der Waals surface area (Å²) in [6, 6.07) is 1.04. The molecule has 16 heavy (non-hydrogen) atoms. The number of unbranched alkanes of at least 4 members (excludes halogenated alkanes) is 2. The first-order valence-electron chi connectivity index (χ1n) is 6.48. The van der Waals surface area contributed by atoms with Crippen molar-refractivity contribution < 1.29 is 9.84 Å². The molecule has 1 saturated heterocycles. The molecule has 4 nitrogen and oxygen atoms in total. The van der Waals surface area contributed by atoms with E-state index in [0.717, 1.165) is 52.0 Å². The van der Waals surface area contributed by atoms with Crippen molar-refractivity contribution in [3.63, 3.8) is 0 Å². The standard InChI is InChI=1S/C12H26N2O2/c1-11(13-5-3-2-4-7-15)9-12-10-16-8-6-14-12/h11-15H,2-10H2,1H3. The number of nitrogens with one attached hydrogen (secondary N) is 2. The Bertz CT molecular complexity index is 161. The second kappa shape index (κ2) is 8.93. The fourth-order valence-electron chi connectivity index (χ4n) is 2.04. The average molecular weight is 230 g/mol. The fraction of sp³-hybridized carbons (Fsp3) is 1.00. The van der Waals surface area contributed by atoms with E-state index in [1.165, 1.54) is 0 Å². The SMILES string of the molecule is CC(CC1COCCN1)NCCCCCO. The largest absolute Gasteiger partial charge is 0.396 e. The predicted molar refractivity (Wildman–Crippen MR) is 65.6 cm³/mol. The second-order valence-corrected chi connectivity index (χ2v) is 4.60. The number of aliphatic hydroxyl groups excluding tert-OH is 1. The van der Waals surface area contributed by atoms with Gasteiger partial charge in [-0.3, -0.25) is 0 Å². The molecule has 0 bridgehead atoms. The number of aliphatic hydroxyl groups is 1. The number of hydrogen-bond donors (Lipinski definition) is 3. The van der Waals surface area contributed by atoms with E-state index in [0.29, 0.717) is 18.7 Å². The predicted octanol–water partition coefficient (Wildman–Crippen LogP) is 0.506. The lowest BCUT2D eigenvalue weighted by atomic mass is 10.1. The van der Waals surface area contributed by atoms with E-state index in [2.05, 4.69) is 17.6 Å². The monoisotopic (exact) mass is 230 g/mol. The minimum absolute atomic E-state index is 0.318. The van der Waals surface area contributed by atoms with Gasteiger partial charge in [-0.25, -0.2) is 0 Å². The van der Waals surface area contributed by atoms with Crippen LogP contribution in [0.25, 0.3) is 0 Å². The lowest BCUT2D eigenvalue weighted by molar-refractivity contribution is 0.0712. The summed E-state index contributed by atoms with van der Waals surface area (Å²) in [7, 11) is 0. The van der Waals surface area contributed by atoms with Crippen LogP contribution in [0.4, 0.5) is 0 Å². The van der Waals surface area contributed by atoms with Crippen LogP contribution >= 0.6 is 0 Å². The Hall–Kier alpha value is -0.160. The van der Waals surface area contributed by atoms with Crippen LogP contribution in [0.1, 0.15) is 32.6 Å². The van der Waals surface area contributed by atoms with Gasteiger partial charge in [-0.1, -0.05) is 0 Å². The molecule has 96 valence electrons. The highest BCUT2D eigenvalue weighted by atomic mass is 16.5. The molecule has 0 aromatic rings. The summed E-state index contributed by atoms with van der Waals surface area (Å²) >= 11 is 0. The van der Waals surface area contributed by atoms with Crippen LogP contribution in [0.5, 0.6) is 0 Å². The van der Waals surface area contributed by atoms with Gasteiger partial charge in [0.15, 0.2) is 0 Å². The van der Waals surface area contributed by atoms with Crippen molar-refractivity contribution in [1.82, 2.24) is 10.6 Å². The highest BCUT2D eigenvalue weighted by Gasteiger charge is 2.15. The van der Waals surface area contributed by atoms with Crippen LogP contribution in [-0.4, -0.2) is 50.1 Å². The van der Waals surface area contributed by atoms with Crippen molar-refractivity contribution in [2.45, 2.75) is 44.7 Å². The molecule has 4 heteroatoms. The van der Waals surface area contributed by atoms with Crippen molar-refractivity contribution in [3.8, 4) is 0 Å². The summed E-state index contributed by atoms with van der Waals surface area (Å²) in [5.41, 5.74) is 0. The van der Waals surface area contributed by atoms with Crippen LogP contribution in [0.15, 0.2) is 0 Å². The minimum Gasteiger partial charge on any atom is -0.396 e. The van der Waals surface area contributed by atoms with Crippen molar-refractivity contribution >= 4 is 0 Å². The van der Waals surface area contributed by atoms with Gasteiger partial charge < -0.3 is 20.5 Å². The highest BCUT2D eigenvalue weighted by molar-refractivity contribution is 4.75. The van der Waals surface area contributed by atoms with E-state index in [9.17, 15) is 0 Å². The van der Waals surface area contributed by atoms with E-state index >= 15 is 0 Å². The molecule has 2 unspecified atom stereocenters. The Morgan fingerprint density at radius 3 is 3.00 bits per heavy atom. The molecule has 1 heterocycles. The van der Waals surface area contributed by atoms with Crippen LogP contribution < -0.4 is 10.6 Å². The van der Waals surface area contributed by atoms with E-state index < -0.39 is 0 Å². The van der Waals surface area contributed by atoms with E-state index in [-0.39, 0.29) is 0 Å². The maximum Gasteiger partial charge on any atom is 0.0620 e. The van der Waals surface area contributed by atoms with Gasteiger partial charge in [0, 0.05) is 25.2 Å². The molecular weight excluding hydrogens is 204 g/mol. The molecule has 1 fully saturated rings. The Balaban J connectivity index is 1.95. The van der Waals surface area contributed by atoms with Crippen LogP contribution in [0.2, 0.25) is 0 Å². The average Bonchev–Trinajstić information content (AvgIpc) is 2.30. The lowest BCUT2D eigenvalue weighted by Crippen LogP contribution is -2.45. The van der Waals surface area contributed by atoms with Crippen molar-refractivity contribution in [1.29, 1.82) is 0 Å². The molecule has 0 amide bonds. The zero-order valence-corrected chi connectivity index (χ0v) is 10.4. The molecule has 3 N–H and O–H groups in total. The van der Waals surface area contributed by atoms with Gasteiger partial charge in [0.2, 0.25) is 0 Å². The second-order valence-electron chi connectivity index (χ2n) is 4.60. The summed E-state index contributed by atoms with van der Waals surface area (Å²) in [5, 5.41) is 15.6. The summed E-state index contributed by atoms with van der Waals surface area (Å²) in [5.74, 6) is 0. The van der Waals surface area contributed by atoms with Crippen LogP contribution in [0, 0.1) is 0 Å². The summed E-state index contributed by atoms with van der Waals surface area (Å²) in [6.45, 7) is 6.26. The van der Waals surface area contributed by atoms with Gasteiger partial charge in [0.25, 0.3) is 0 Å². The zero-order chi connectivity index (χ0) is 11.6. The van der Waals surface area contributed by atoms with Gasteiger partial charge in [-0.2, -0.15) is 0 Å². The first kappa shape index (κ1) is 13.9. The molecule has 1 aliphatic rings. The first-order chi connectivity index (χ1) is 7.83. The number of morpholine rings is 1. The molecule has 0 aromatic heterocycles. The smallest absolute Gasteiger partial charge is 0.0620 e. The highest BCUT2D eigenvalue weighted by Crippen LogP contribution is 2.02. The van der Waals surface area contributed by atoms with Gasteiger partial charge >= 0.3 is 0 Å². The minimum atomic E-state index is 0.318. The van der Waals surface area contributed by atoms with Gasteiger partial charge in [-0.15, -0.1) is 0 Å². The molecule has 0 saturated carbocycles. The van der Waals surface area contributed by atoms with E-state index in [1.54, 1.807) is 0 Å². The summed E-state index contributed by atoms with van der Waals surface area (Å²) < 4.78 is 5.42. The quantitative estimate of drug-likeness (QED) is 0.532. The van der Waals surface area contributed by atoms with Gasteiger partial charge in [-0.05, 0) is 39.2 Å². The topological polar surface area (TPSA) is 53.5 Å². The molecule has 1 rings (SSSR count). The third kappa shape index (κ3) is 6.43. The number of hydrogen-bond acceptors (Lipinski definition) is 4. The maximum absolute atomic E-state index is 8.65. The Morgan fingerprint density at radius 1 is 1.44 bits per heavy atom. The normalized spacial score (nSPS) is 23.2. The van der Waals surface area contributed by atoms with Gasteiger partial charge in [0.05, 0.1) is 13.2 Å². The molecular formula is C12H26N2O2. The molecule has 0 spiro atoms. The third-order valence-electron chi connectivity index (χ3n) is 2.96. The lowest BCUT2D eigenvalue weighted by Gasteiger charge is -2.26. The Labute approximate surface area is 98.8 Å². The zero-order valence-electron chi connectivity index (χ0n) is 10.4. The molecule has 1 aliphatic heterocycles. The molecule has 0 aromatic carbocycles. The third-order valence-corrected chi connectivity index (χ3v) is 2.96. The van der Waals surface area contributed by atoms with Crippen molar-refractivity contribution in [2.24, 2.45) is 0 Å². The number of rotatable bonds is 8. The molecule has 0 radical (unpaired) electrons. The van der Waals surface area contributed by atoms with E-state index in [1.807, 2.05) is 0 Å². The van der Waals surface area contributed by atoms with E-state index in [4.69, 9.17) is 9.84 Å². The Morgan fingerprint density at radius 2 is 2.31 bits per heavy atom.